The van der Waals surface area contributed by atoms with Gasteiger partial charge in [-0.3, -0.25) is 19.7 Å². The molecule has 0 radical (unpaired) electrons. The molecule has 3 heterocycles. The van der Waals surface area contributed by atoms with Gasteiger partial charge in [0.2, 0.25) is 0 Å². The average Bonchev–Trinajstić information content (AvgIpc) is 3.55. The lowest BCUT2D eigenvalue weighted by atomic mass is 9.58. The number of amides is 3. The molecule has 0 aromatic heterocycles. The average molecular weight is 650 g/mol. The van der Waals surface area contributed by atoms with E-state index < -0.39 is 58.6 Å². The zero-order valence-electron chi connectivity index (χ0n) is 26.5. The van der Waals surface area contributed by atoms with Gasteiger partial charge in [0.15, 0.2) is 0 Å². The number of alkyl halides is 3. The van der Waals surface area contributed by atoms with Crippen molar-refractivity contribution in [1.29, 1.82) is 0 Å². The van der Waals surface area contributed by atoms with Crippen LogP contribution in [0.1, 0.15) is 49.9 Å². The molecule has 1 N–H and O–H groups in total. The van der Waals surface area contributed by atoms with Crippen LogP contribution in [0.15, 0.2) is 72.8 Å². The van der Waals surface area contributed by atoms with Gasteiger partial charge in [-0.25, -0.2) is 9.69 Å². The number of carbonyl (C=O) groups excluding carboxylic acids is 4. The number of aryl methyl sites for hydroxylation is 1. The molecule has 3 aliphatic heterocycles. The number of rotatable bonds is 4. The molecule has 0 aliphatic carbocycles. The van der Waals surface area contributed by atoms with Crippen LogP contribution in [-0.4, -0.2) is 48.3 Å². The summed E-state index contributed by atoms with van der Waals surface area (Å²) < 4.78 is 56.7. The number of hydrogen-bond donors (Lipinski definition) is 1. The lowest BCUT2D eigenvalue weighted by molar-refractivity contribution is -0.179. The maximum Gasteiger partial charge on any atom is 0.421 e. The Hall–Kier alpha value is -4.71. The molecule has 6 rings (SSSR count). The van der Waals surface area contributed by atoms with Gasteiger partial charge in [-0.1, -0.05) is 66.2 Å². The number of nitrogens with one attached hydrogen (secondary N) is 1. The topological polar surface area (TPSA) is 105 Å². The smallest absolute Gasteiger partial charge is 0.421 e. The highest BCUT2D eigenvalue weighted by Gasteiger charge is 2.83. The van der Waals surface area contributed by atoms with E-state index in [4.69, 9.17) is 9.47 Å². The predicted octanol–water partition coefficient (Wildman–Crippen LogP) is 5.67. The van der Waals surface area contributed by atoms with Crippen LogP contribution in [0.4, 0.5) is 29.3 Å². The number of para-hydroxylation sites is 1. The van der Waals surface area contributed by atoms with E-state index in [0.717, 1.165) is 0 Å². The first-order chi connectivity index (χ1) is 22.1. The van der Waals surface area contributed by atoms with Crippen LogP contribution in [0.3, 0.4) is 0 Å². The van der Waals surface area contributed by atoms with E-state index in [0.29, 0.717) is 16.0 Å². The maximum absolute atomic E-state index is 15.3. The van der Waals surface area contributed by atoms with Crippen molar-refractivity contribution in [2.24, 2.45) is 5.92 Å². The lowest BCUT2D eigenvalue weighted by Gasteiger charge is -2.40. The van der Waals surface area contributed by atoms with E-state index in [2.05, 4.69) is 5.32 Å². The van der Waals surface area contributed by atoms with Crippen LogP contribution in [0.2, 0.25) is 0 Å². The minimum Gasteiger partial charge on any atom is -0.466 e. The summed E-state index contributed by atoms with van der Waals surface area (Å²) in [6, 6.07) is 16.8. The van der Waals surface area contributed by atoms with Gasteiger partial charge in [0.25, 0.3) is 11.8 Å². The number of carbonyl (C=O) groups is 4. The van der Waals surface area contributed by atoms with E-state index in [1.54, 1.807) is 76.2 Å². The van der Waals surface area contributed by atoms with Crippen LogP contribution in [-0.2, 0) is 41.4 Å². The molecule has 3 amide bonds. The quantitative estimate of drug-likeness (QED) is 0.363. The van der Waals surface area contributed by atoms with Gasteiger partial charge in [0.05, 0.1) is 18.8 Å². The van der Waals surface area contributed by atoms with E-state index >= 15 is 22.8 Å². The summed E-state index contributed by atoms with van der Waals surface area (Å²) in [5.41, 5.74) is -4.79. The zero-order chi connectivity index (χ0) is 34.1. The van der Waals surface area contributed by atoms with Crippen LogP contribution in [0.25, 0.3) is 0 Å². The molecular formula is C35H34F3N3O6. The Labute approximate surface area is 269 Å². The lowest BCUT2D eigenvalue weighted by Crippen LogP contribution is -2.64. The van der Waals surface area contributed by atoms with Gasteiger partial charge in [-0.15, -0.1) is 0 Å². The Bertz CT molecular complexity index is 1790. The molecule has 1 fully saturated rings. The van der Waals surface area contributed by atoms with Gasteiger partial charge in [-0.05, 0) is 57.9 Å². The van der Waals surface area contributed by atoms with Crippen molar-refractivity contribution >= 4 is 35.3 Å². The van der Waals surface area contributed by atoms with Crippen molar-refractivity contribution in [2.45, 2.75) is 69.9 Å². The Kier molecular flexibility index (Phi) is 7.50. The first-order valence-electron chi connectivity index (χ1n) is 15.2. The molecule has 9 nitrogen and oxygen atoms in total. The van der Waals surface area contributed by atoms with Crippen LogP contribution in [0, 0.1) is 12.8 Å². The largest absolute Gasteiger partial charge is 0.466 e. The number of hydrogen-bond acceptors (Lipinski definition) is 7. The maximum atomic E-state index is 15.3. The minimum atomic E-state index is -5.14. The van der Waals surface area contributed by atoms with Crippen molar-refractivity contribution in [3.63, 3.8) is 0 Å². The summed E-state index contributed by atoms with van der Waals surface area (Å²) in [6.45, 7) is 7.54. The SMILES string of the molecule is CCOC(=O)[C@H]1[C@H](C(F)(F)F)N[C@]2(C(=O)N(Cc3ccccc3)c3ccc(C)cc32)[C@]12C(=O)N(C(=O)OC(C)(C)C)c1ccccc12. The van der Waals surface area contributed by atoms with Gasteiger partial charge >= 0.3 is 18.2 Å². The highest BCUT2D eigenvalue weighted by Crippen LogP contribution is 2.66. The first kappa shape index (κ1) is 32.2. The Morgan fingerprint density at radius 1 is 0.894 bits per heavy atom. The van der Waals surface area contributed by atoms with E-state index in [9.17, 15) is 9.59 Å². The molecule has 12 heteroatoms. The molecule has 3 aromatic rings. The third kappa shape index (κ3) is 4.63. The fourth-order valence-electron chi connectivity index (χ4n) is 7.34. The summed E-state index contributed by atoms with van der Waals surface area (Å²) >= 11 is 0. The second-order valence-electron chi connectivity index (χ2n) is 13.0. The van der Waals surface area contributed by atoms with Gasteiger partial charge < -0.3 is 14.4 Å². The Morgan fingerprint density at radius 3 is 2.19 bits per heavy atom. The van der Waals surface area contributed by atoms with Crippen molar-refractivity contribution in [1.82, 2.24) is 5.32 Å². The van der Waals surface area contributed by atoms with E-state index in [1.165, 1.54) is 36.1 Å². The summed E-state index contributed by atoms with van der Waals surface area (Å²) in [7, 11) is 0. The fourth-order valence-corrected chi connectivity index (χ4v) is 7.34. The third-order valence-corrected chi connectivity index (χ3v) is 8.94. The molecule has 246 valence electrons. The van der Waals surface area contributed by atoms with Gasteiger partial charge in [0.1, 0.15) is 28.5 Å². The molecule has 3 aliphatic rings. The summed E-state index contributed by atoms with van der Waals surface area (Å²) in [5, 5.41) is 2.54. The molecule has 47 heavy (non-hydrogen) atoms. The second kappa shape index (κ2) is 10.9. The Morgan fingerprint density at radius 2 is 1.55 bits per heavy atom. The number of anilines is 2. The molecule has 0 unspecified atom stereocenters. The molecule has 4 atom stereocenters. The summed E-state index contributed by atoms with van der Waals surface area (Å²) in [6.07, 6.45) is -6.30. The van der Waals surface area contributed by atoms with E-state index in [-0.39, 0.29) is 35.7 Å². The molecule has 3 aromatic carbocycles. The second-order valence-corrected chi connectivity index (χ2v) is 13.0. The fraction of sp³-hybridized carbons (Fsp3) is 0.371. The number of nitrogens with zero attached hydrogens (tertiary/aromatic N) is 2. The minimum absolute atomic E-state index is 0.0401. The van der Waals surface area contributed by atoms with E-state index in [1.807, 2.05) is 0 Å². The van der Waals surface area contributed by atoms with Crippen LogP contribution >= 0.6 is 0 Å². The number of fused-ring (bicyclic) bond motifs is 5. The van der Waals surface area contributed by atoms with Crippen molar-refractivity contribution in [2.75, 3.05) is 16.4 Å². The Balaban J connectivity index is 1.72. The van der Waals surface area contributed by atoms with Crippen molar-refractivity contribution in [3.8, 4) is 0 Å². The molecular weight excluding hydrogens is 615 g/mol. The van der Waals surface area contributed by atoms with Crippen LogP contribution in [0.5, 0.6) is 0 Å². The summed E-state index contributed by atoms with van der Waals surface area (Å²) in [4.78, 5) is 60.1. The summed E-state index contributed by atoms with van der Waals surface area (Å²) in [5.74, 6) is -5.72. The monoisotopic (exact) mass is 649 g/mol. The number of esters is 1. The molecule has 1 saturated heterocycles. The standard InChI is InChI=1S/C35H34F3N3O6/c1-6-46-28(42)26-27(35(36,37)38)39-34(23-18-20(2)16-17-24(23)40(30(34)44)19-21-12-8-7-9-13-21)33(26)22-14-10-11-15-25(22)41(29(33)43)31(45)47-32(3,4)5/h7-18,26-27,39H,6,19H2,1-5H3/t26-,27-,33+,34-/m1/s1. The zero-order valence-corrected chi connectivity index (χ0v) is 26.5. The highest BCUT2D eigenvalue weighted by atomic mass is 19.4. The number of ether oxygens (including phenoxy) is 2. The highest BCUT2D eigenvalue weighted by molar-refractivity contribution is 6.27. The normalized spacial score (nSPS) is 25.0. The van der Waals surface area contributed by atoms with Crippen molar-refractivity contribution < 1.29 is 41.8 Å². The third-order valence-electron chi connectivity index (χ3n) is 8.94. The first-order valence-corrected chi connectivity index (χ1v) is 15.2. The molecule has 2 spiro atoms. The molecule has 0 bridgehead atoms. The van der Waals surface area contributed by atoms with Crippen molar-refractivity contribution in [3.05, 3.63) is 95.1 Å². The van der Waals surface area contributed by atoms with Gasteiger partial charge in [-0.2, -0.15) is 13.2 Å². The molecule has 0 saturated carbocycles. The predicted molar refractivity (Wildman–Crippen MR) is 165 cm³/mol. The van der Waals surface area contributed by atoms with Crippen LogP contribution < -0.4 is 15.1 Å². The number of imide groups is 1. The number of halogens is 3. The number of benzene rings is 3. The van der Waals surface area contributed by atoms with Gasteiger partial charge in [0, 0.05) is 11.3 Å².